The molecule has 1 aromatic heterocycles. The molecular formula is C34H27N3O9S2. The van der Waals surface area contributed by atoms with Crippen molar-refractivity contribution in [1.82, 2.24) is 10.2 Å². The molecule has 0 spiro atoms. The number of fused-ring (bicyclic) bond motifs is 1. The minimum atomic E-state index is -1.11. The van der Waals surface area contributed by atoms with Gasteiger partial charge in [-0.15, -0.1) is 23.1 Å². The van der Waals surface area contributed by atoms with Crippen LogP contribution < -0.4 is 10.1 Å². The van der Waals surface area contributed by atoms with Gasteiger partial charge in [-0.2, -0.15) is 0 Å². The average molecular weight is 686 g/mol. The normalized spacial score (nSPS) is 16.9. The average Bonchev–Trinajstić information content (AvgIpc) is 3.62. The van der Waals surface area contributed by atoms with Crippen LogP contribution in [-0.2, 0) is 30.3 Å². The molecule has 1 saturated heterocycles. The Labute approximate surface area is 282 Å². The zero-order chi connectivity index (χ0) is 33.6. The van der Waals surface area contributed by atoms with Crippen molar-refractivity contribution >= 4 is 52.7 Å². The molecule has 6 rings (SSSR count). The zero-order valence-electron chi connectivity index (χ0n) is 25.1. The van der Waals surface area contributed by atoms with Crippen LogP contribution in [-0.4, -0.2) is 57.5 Å². The number of thiophene rings is 1. The number of benzene rings is 3. The van der Waals surface area contributed by atoms with Crippen molar-refractivity contribution in [1.29, 1.82) is 0 Å². The number of nitro benzene ring substituents is 1. The van der Waals surface area contributed by atoms with Gasteiger partial charge in [-0.1, -0.05) is 66.7 Å². The van der Waals surface area contributed by atoms with E-state index in [2.05, 4.69) is 5.32 Å². The molecule has 1 N–H and O–H groups in total. The van der Waals surface area contributed by atoms with E-state index in [4.69, 9.17) is 14.2 Å². The van der Waals surface area contributed by atoms with Crippen molar-refractivity contribution in [3.8, 4) is 5.75 Å². The van der Waals surface area contributed by atoms with Gasteiger partial charge in [0.1, 0.15) is 29.5 Å². The number of thioether (sulfide) groups is 1. The second kappa shape index (κ2) is 14.5. The first kappa shape index (κ1) is 32.5. The fourth-order valence-electron chi connectivity index (χ4n) is 5.23. The van der Waals surface area contributed by atoms with Crippen LogP contribution in [0, 0.1) is 10.1 Å². The Balaban J connectivity index is 1.23. The summed E-state index contributed by atoms with van der Waals surface area (Å²) in [6, 6.07) is 25.9. The molecule has 2 atom stereocenters. The number of hydrogen-bond donors (Lipinski definition) is 1. The first-order chi connectivity index (χ1) is 23.3. The fraction of sp³-hybridized carbons (Fsp3) is 0.176. The molecule has 4 aromatic rings. The van der Waals surface area contributed by atoms with E-state index < -0.39 is 47.1 Å². The Morgan fingerprint density at radius 3 is 2.21 bits per heavy atom. The fourth-order valence-corrected chi connectivity index (χ4v) is 7.26. The van der Waals surface area contributed by atoms with Gasteiger partial charge in [0.05, 0.1) is 11.3 Å². The predicted molar refractivity (Wildman–Crippen MR) is 176 cm³/mol. The molecule has 0 saturated carbocycles. The topological polar surface area (TPSA) is 154 Å². The highest BCUT2D eigenvalue weighted by Gasteiger charge is 2.54. The SMILES string of the molecule is O=C(Cc1cccs1)N[C@@H]1C(=O)N2C(C(=O)OC(c3ccccc3)c3ccccc3)=C(COC(=O)Oc3ccc([N+](=O)[O-])cc3)CS[C@H]12. The van der Waals surface area contributed by atoms with Crippen LogP contribution in [0.5, 0.6) is 5.75 Å². The summed E-state index contributed by atoms with van der Waals surface area (Å²) in [7, 11) is 0. The number of non-ortho nitro benzene ring substituents is 1. The van der Waals surface area contributed by atoms with E-state index in [1.165, 1.54) is 52.3 Å². The first-order valence-electron chi connectivity index (χ1n) is 14.7. The van der Waals surface area contributed by atoms with Crippen molar-refractivity contribution < 1.29 is 38.3 Å². The van der Waals surface area contributed by atoms with Gasteiger partial charge in [0.2, 0.25) is 5.91 Å². The molecule has 48 heavy (non-hydrogen) atoms. The van der Waals surface area contributed by atoms with Crippen molar-refractivity contribution in [2.75, 3.05) is 12.4 Å². The monoisotopic (exact) mass is 685 g/mol. The van der Waals surface area contributed by atoms with Crippen LogP contribution in [0.25, 0.3) is 0 Å². The molecule has 1 fully saturated rings. The summed E-state index contributed by atoms with van der Waals surface area (Å²) < 4.78 is 16.6. The van der Waals surface area contributed by atoms with Gasteiger partial charge >= 0.3 is 12.1 Å². The summed E-state index contributed by atoms with van der Waals surface area (Å²) in [5.74, 6) is -1.43. The van der Waals surface area contributed by atoms with Crippen LogP contribution in [0.1, 0.15) is 22.1 Å². The quantitative estimate of drug-likeness (QED) is 0.0714. The molecule has 2 aliphatic rings. The number of nitrogens with zero attached hydrogens (tertiary/aromatic N) is 2. The molecule has 0 radical (unpaired) electrons. The van der Waals surface area contributed by atoms with E-state index in [0.717, 1.165) is 4.88 Å². The molecular weight excluding hydrogens is 659 g/mol. The lowest BCUT2D eigenvalue weighted by atomic mass is 10.0. The first-order valence-corrected chi connectivity index (χ1v) is 16.6. The molecule has 0 aliphatic carbocycles. The Kier molecular flexibility index (Phi) is 9.83. The van der Waals surface area contributed by atoms with Crippen LogP contribution in [0.4, 0.5) is 10.5 Å². The minimum absolute atomic E-state index is 0.0184. The molecule has 12 nitrogen and oxygen atoms in total. The van der Waals surface area contributed by atoms with Gasteiger partial charge in [0.25, 0.3) is 11.6 Å². The van der Waals surface area contributed by atoms with Gasteiger partial charge in [-0.3, -0.25) is 24.6 Å². The Bertz CT molecular complexity index is 1810. The third-order valence-electron chi connectivity index (χ3n) is 7.51. The number of rotatable bonds is 11. The van der Waals surface area contributed by atoms with Gasteiger partial charge in [0.15, 0.2) is 6.10 Å². The van der Waals surface area contributed by atoms with Gasteiger partial charge < -0.3 is 19.5 Å². The van der Waals surface area contributed by atoms with E-state index in [1.54, 1.807) is 0 Å². The van der Waals surface area contributed by atoms with Gasteiger partial charge in [-0.25, -0.2) is 9.59 Å². The standard InChI is InChI=1S/C34H27N3O9S2/c38-27(18-26-12-7-17-47-26)35-28-31(39)36-29(33(40)46-30(21-8-3-1-4-9-21)22-10-5-2-6-11-22)23(20-48-32(28)36)19-44-34(41)45-25-15-13-24(14-16-25)37(42)43/h1-17,28,30,32H,18-20H2,(H,35,38)/t28-,32-/m1/s1. The van der Waals surface area contributed by atoms with Crippen LogP contribution >= 0.6 is 23.1 Å². The maximum Gasteiger partial charge on any atom is 0.514 e. The number of nitro groups is 1. The molecule has 244 valence electrons. The lowest BCUT2D eigenvalue weighted by molar-refractivity contribution is -0.384. The molecule has 14 heteroatoms. The van der Waals surface area contributed by atoms with Crippen molar-refractivity contribution in [2.45, 2.75) is 23.9 Å². The largest absolute Gasteiger partial charge is 0.514 e. The third-order valence-corrected chi connectivity index (χ3v) is 9.73. The molecule has 3 aromatic carbocycles. The smallest absolute Gasteiger partial charge is 0.448 e. The van der Waals surface area contributed by atoms with Crippen molar-refractivity contribution in [3.63, 3.8) is 0 Å². The molecule has 0 bridgehead atoms. The number of carbonyl (C=O) groups is 4. The van der Waals surface area contributed by atoms with Gasteiger partial charge in [-0.05, 0) is 34.7 Å². The van der Waals surface area contributed by atoms with E-state index in [9.17, 15) is 29.3 Å². The summed E-state index contributed by atoms with van der Waals surface area (Å²) in [6.45, 7) is -0.406. The molecule has 3 heterocycles. The Hall–Kier alpha value is -5.47. The molecule has 2 aliphatic heterocycles. The van der Waals surface area contributed by atoms with E-state index in [1.807, 2.05) is 78.2 Å². The van der Waals surface area contributed by atoms with Crippen molar-refractivity contribution in [2.24, 2.45) is 0 Å². The zero-order valence-corrected chi connectivity index (χ0v) is 26.7. The third kappa shape index (κ3) is 7.24. The number of β-lactam (4-membered cyclic amide) rings is 1. The highest BCUT2D eigenvalue weighted by Crippen LogP contribution is 2.42. The van der Waals surface area contributed by atoms with E-state index in [0.29, 0.717) is 16.7 Å². The Morgan fingerprint density at radius 1 is 0.938 bits per heavy atom. The maximum absolute atomic E-state index is 14.1. The highest BCUT2D eigenvalue weighted by atomic mass is 32.2. The molecule has 0 unspecified atom stereocenters. The van der Waals surface area contributed by atoms with E-state index >= 15 is 0 Å². The summed E-state index contributed by atoms with van der Waals surface area (Å²) in [4.78, 5) is 65.4. The summed E-state index contributed by atoms with van der Waals surface area (Å²) in [5.41, 5.74) is 1.46. The second-order valence-electron chi connectivity index (χ2n) is 10.7. The summed E-state index contributed by atoms with van der Waals surface area (Å²) in [5, 5.41) is 15.0. The van der Waals surface area contributed by atoms with Crippen LogP contribution in [0.3, 0.4) is 0 Å². The lowest BCUT2D eigenvalue weighted by Crippen LogP contribution is -2.70. The minimum Gasteiger partial charge on any atom is -0.448 e. The number of hydrogen-bond acceptors (Lipinski definition) is 11. The molecule has 2 amide bonds. The highest BCUT2D eigenvalue weighted by molar-refractivity contribution is 8.00. The second-order valence-corrected chi connectivity index (χ2v) is 12.8. The lowest BCUT2D eigenvalue weighted by Gasteiger charge is -2.49. The summed E-state index contributed by atoms with van der Waals surface area (Å²) in [6.07, 6.45) is -1.81. The van der Waals surface area contributed by atoms with E-state index in [-0.39, 0.29) is 35.2 Å². The number of amides is 2. The van der Waals surface area contributed by atoms with Crippen molar-refractivity contribution in [3.05, 3.63) is 140 Å². The number of nitrogens with one attached hydrogen (secondary N) is 1. The van der Waals surface area contributed by atoms with Crippen LogP contribution in [0.15, 0.2) is 114 Å². The maximum atomic E-state index is 14.1. The number of esters is 1. The Morgan fingerprint density at radius 2 is 1.60 bits per heavy atom. The number of carbonyl (C=O) groups excluding carboxylic acids is 4. The van der Waals surface area contributed by atoms with Gasteiger partial charge in [0, 0.05) is 28.3 Å². The van der Waals surface area contributed by atoms with Crippen LogP contribution in [0.2, 0.25) is 0 Å². The predicted octanol–water partition coefficient (Wildman–Crippen LogP) is 5.40. The summed E-state index contributed by atoms with van der Waals surface area (Å²) >= 11 is 2.74. The number of ether oxygens (including phenoxy) is 3.